The summed E-state index contributed by atoms with van der Waals surface area (Å²) in [5.74, 6) is 5.27. The van der Waals surface area contributed by atoms with Crippen molar-refractivity contribution >= 4 is 11.6 Å². The van der Waals surface area contributed by atoms with Gasteiger partial charge in [0.1, 0.15) is 5.69 Å². The highest BCUT2D eigenvalue weighted by Crippen LogP contribution is 2.07. The van der Waals surface area contributed by atoms with Crippen molar-refractivity contribution in [2.75, 3.05) is 38.1 Å². The van der Waals surface area contributed by atoms with E-state index >= 15 is 0 Å². The SMILES string of the molecule is CCN(CC)CCCN(CC)C(=O)c1ccc(NN)cn1. The number of hydrogen-bond donors (Lipinski definition) is 2. The third-order valence-electron chi connectivity index (χ3n) is 3.62. The quantitative estimate of drug-likeness (QED) is 0.534. The number of carbonyl (C=O) groups excluding carboxylic acids is 1. The van der Waals surface area contributed by atoms with Gasteiger partial charge in [0.15, 0.2) is 0 Å². The summed E-state index contributed by atoms with van der Waals surface area (Å²) in [6, 6.07) is 3.45. The van der Waals surface area contributed by atoms with Crippen molar-refractivity contribution in [2.24, 2.45) is 5.84 Å². The van der Waals surface area contributed by atoms with E-state index in [1.54, 1.807) is 18.3 Å². The maximum Gasteiger partial charge on any atom is 0.272 e. The van der Waals surface area contributed by atoms with E-state index in [1.807, 2.05) is 11.8 Å². The summed E-state index contributed by atoms with van der Waals surface area (Å²) in [6.45, 7) is 10.9. The van der Waals surface area contributed by atoms with Crippen LogP contribution in [0.1, 0.15) is 37.7 Å². The Bertz CT molecular complexity index is 417. The van der Waals surface area contributed by atoms with Crippen molar-refractivity contribution < 1.29 is 4.79 Å². The first-order valence-corrected chi connectivity index (χ1v) is 7.60. The Morgan fingerprint density at radius 2 is 1.90 bits per heavy atom. The molecule has 0 saturated heterocycles. The number of hydrazine groups is 1. The maximum absolute atomic E-state index is 12.4. The number of hydrogen-bond acceptors (Lipinski definition) is 5. The van der Waals surface area contributed by atoms with Crippen LogP contribution in [0.3, 0.4) is 0 Å². The average molecular weight is 293 g/mol. The Morgan fingerprint density at radius 1 is 1.19 bits per heavy atom. The molecule has 0 saturated carbocycles. The molecule has 1 heterocycles. The molecule has 0 bridgehead atoms. The van der Waals surface area contributed by atoms with E-state index in [4.69, 9.17) is 5.84 Å². The molecule has 1 aromatic rings. The first-order chi connectivity index (χ1) is 10.2. The number of amides is 1. The molecule has 0 atom stereocenters. The van der Waals surface area contributed by atoms with E-state index in [2.05, 4.69) is 29.2 Å². The van der Waals surface area contributed by atoms with E-state index in [-0.39, 0.29) is 5.91 Å². The molecule has 6 nitrogen and oxygen atoms in total. The molecular weight excluding hydrogens is 266 g/mol. The number of rotatable bonds is 9. The second kappa shape index (κ2) is 9.31. The molecule has 6 heteroatoms. The van der Waals surface area contributed by atoms with Gasteiger partial charge in [-0.2, -0.15) is 0 Å². The number of nitrogens with two attached hydrogens (primary N) is 1. The molecule has 0 aliphatic carbocycles. The number of nitrogens with one attached hydrogen (secondary N) is 1. The lowest BCUT2D eigenvalue weighted by Gasteiger charge is -2.23. The third kappa shape index (κ3) is 5.32. The molecular formula is C15H27N5O. The standard InChI is InChI=1S/C15H27N5O/c1-4-19(5-2)10-7-11-20(6-3)15(21)14-9-8-13(18-16)12-17-14/h8-9,12,18H,4-7,10-11,16H2,1-3H3. The van der Waals surface area contributed by atoms with Crippen LogP contribution >= 0.6 is 0 Å². The Kier molecular flexibility index (Phi) is 7.71. The van der Waals surface area contributed by atoms with Gasteiger partial charge in [0.25, 0.3) is 5.91 Å². The predicted octanol–water partition coefficient (Wildman–Crippen LogP) is 1.56. The monoisotopic (exact) mass is 293 g/mol. The Morgan fingerprint density at radius 3 is 2.38 bits per heavy atom. The van der Waals surface area contributed by atoms with Crippen molar-refractivity contribution in [3.05, 3.63) is 24.0 Å². The number of pyridine rings is 1. The molecule has 1 aromatic heterocycles. The molecule has 0 radical (unpaired) electrons. The summed E-state index contributed by atoms with van der Waals surface area (Å²) >= 11 is 0. The number of aromatic nitrogens is 1. The zero-order valence-electron chi connectivity index (χ0n) is 13.3. The molecule has 1 amide bonds. The summed E-state index contributed by atoms with van der Waals surface area (Å²) in [5, 5.41) is 0. The van der Waals surface area contributed by atoms with Crippen LogP contribution in [0, 0.1) is 0 Å². The van der Waals surface area contributed by atoms with E-state index < -0.39 is 0 Å². The minimum Gasteiger partial charge on any atom is -0.338 e. The zero-order chi connectivity index (χ0) is 15.7. The van der Waals surface area contributed by atoms with Crippen LogP contribution in [0.5, 0.6) is 0 Å². The normalized spacial score (nSPS) is 10.7. The van der Waals surface area contributed by atoms with Gasteiger partial charge in [-0.25, -0.2) is 4.98 Å². The molecule has 21 heavy (non-hydrogen) atoms. The molecule has 0 aliphatic rings. The smallest absolute Gasteiger partial charge is 0.272 e. The van der Waals surface area contributed by atoms with Gasteiger partial charge < -0.3 is 15.2 Å². The van der Waals surface area contributed by atoms with Crippen molar-refractivity contribution in [3.8, 4) is 0 Å². The van der Waals surface area contributed by atoms with Crippen LogP contribution in [-0.4, -0.2) is 53.4 Å². The molecule has 118 valence electrons. The lowest BCUT2D eigenvalue weighted by atomic mass is 10.2. The summed E-state index contributed by atoms with van der Waals surface area (Å²) in [7, 11) is 0. The third-order valence-corrected chi connectivity index (χ3v) is 3.62. The molecule has 0 unspecified atom stereocenters. The van der Waals surface area contributed by atoms with E-state index in [9.17, 15) is 4.79 Å². The van der Waals surface area contributed by atoms with E-state index in [0.29, 0.717) is 17.9 Å². The molecule has 3 N–H and O–H groups in total. The maximum atomic E-state index is 12.4. The van der Waals surface area contributed by atoms with Crippen LogP contribution in [0.4, 0.5) is 5.69 Å². The lowest BCUT2D eigenvalue weighted by Crippen LogP contribution is -2.34. The first-order valence-electron chi connectivity index (χ1n) is 7.60. The molecule has 0 spiro atoms. The minimum absolute atomic E-state index is 0.0272. The van der Waals surface area contributed by atoms with Gasteiger partial charge in [-0.15, -0.1) is 0 Å². The minimum atomic E-state index is -0.0272. The van der Waals surface area contributed by atoms with Crippen LogP contribution in [0.15, 0.2) is 18.3 Å². The Balaban J connectivity index is 2.55. The fourth-order valence-electron chi connectivity index (χ4n) is 2.20. The summed E-state index contributed by atoms with van der Waals surface area (Å²) < 4.78 is 0. The predicted molar refractivity (Wildman–Crippen MR) is 86.0 cm³/mol. The van der Waals surface area contributed by atoms with Gasteiger partial charge in [0, 0.05) is 13.1 Å². The highest BCUT2D eigenvalue weighted by molar-refractivity contribution is 5.92. The largest absolute Gasteiger partial charge is 0.338 e. The number of anilines is 1. The fourth-order valence-corrected chi connectivity index (χ4v) is 2.20. The van der Waals surface area contributed by atoms with Gasteiger partial charge >= 0.3 is 0 Å². The van der Waals surface area contributed by atoms with Gasteiger partial charge in [0.05, 0.1) is 11.9 Å². The van der Waals surface area contributed by atoms with E-state index in [0.717, 1.165) is 32.6 Å². The topological polar surface area (TPSA) is 74.5 Å². The van der Waals surface area contributed by atoms with Crippen molar-refractivity contribution in [1.82, 2.24) is 14.8 Å². The number of nitrogen functional groups attached to an aromatic ring is 1. The van der Waals surface area contributed by atoms with Crippen LogP contribution in [-0.2, 0) is 0 Å². The van der Waals surface area contributed by atoms with Crippen LogP contribution < -0.4 is 11.3 Å². The Hall–Kier alpha value is -1.66. The van der Waals surface area contributed by atoms with Crippen LogP contribution in [0.25, 0.3) is 0 Å². The number of carbonyl (C=O) groups is 1. The van der Waals surface area contributed by atoms with Crippen molar-refractivity contribution in [2.45, 2.75) is 27.2 Å². The molecule has 0 aliphatic heterocycles. The van der Waals surface area contributed by atoms with Crippen molar-refractivity contribution in [3.63, 3.8) is 0 Å². The number of nitrogens with zero attached hydrogens (tertiary/aromatic N) is 3. The molecule has 0 aromatic carbocycles. The summed E-state index contributed by atoms with van der Waals surface area (Å²) in [4.78, 5) is 20.7. The molecule has 1 rings (SSSR count). The average Bonchev–Trinajstić information content (AvgIpc) is 2.55. The summed E-state index contributed by atoms with van der Waals surface area (Å²) in [6.07, 6.45) is 2.54. The second-order valence-corrected chi connectivity index (χ2v) is 4.84. The van der Waals surface area contributed by atoms with Gasteiger partial charge in [-0.3, -0.25) is 10.6 Å². The van der Waals surface area contributed by atoms with Crippen LogP contribution in [0.2, 0.25) is 0 Å². The zero-order valence-corrected chi connectivity index (χ0v) is 13.3. The lowest BCUT2D eigenvalue weighted by molar-refractivity contribution is 0.0751. The van der Waals surface area contributed by atoms with Gasteiger partial charge in [-0.1, -0.05) is 13.8 Å². The van der Waals surface area contributed by atoms with Gasteiger partial charge in [-0.05, 0) is 45.1 Å². The molecule has 0 fully saturated rings. The highest BCUT2D eigenvalue weighted by Gasteiger charge is 2.15. The second-order valence-electron chi connectivity index (χ2n) is 4.84. The van der Waals surface area contributed by atoms with Crippen molar-refractivity contribution in [1.29, 1.82) is 0 Å². The van der Waals surface area contributed by atoms with E-state index in [1.165, 1.54) is 0 Å². The summed E-state index contributed by atoms with van der Waals surface area (Å²) in [5.41, 5.74) is 3.65. The first kappa shape index (κ1) is 17.4. The highest BCUT2D eigenvalue weighted by atomic mass is 16.2. The Labute approximate surface area is 127 Å². The fraction of sp³-hybridized carbons (Fsp3) is 0.600. The van der Waals surface area contributed by atoms with Gasteiger partial charge in [0.2, 0.25) is 0 Å².